The van der Waals surface area contributed by atoms with Crippen LogP contribution in [0.5, 0.6) is 0 Å². The minimum absolute atomic E-state index is 0.779. The molecule has 0 aliphatic heterocycles. The molecule has 0 amide bonds. The molecule has 3 nitrogen and oxygen atoms in total. The Balaban J connectivity index is 1.67. The van der Waals surface area contributed by atoms with Crippen LogP contribution >= 0.6 is 0 Å². The summed E-state index contributed by atoms with van der Waals surface area (Å²) in [6, 6.07) is 20.9. The highest BCUT2D eigenvalue weighted by Crippen LogP contribution is 2.19. The number of hydrogen-bond acceptors (Lipinski definition) is 3. The van der Waals surface area contributed by atoms with Crippen LogP contribution in [0.4, 0.5) is 5.69 Å². The predicted molar refractivity (Wildman–Crippen MR) is 98.3 cm³/mol. The first-order valence-corrected chi connectivity index (χ1v) is 8.55. The molecule has 1 aromatic heterocycles. The Bertz CT molecular complexity index is 750. The van der Waals surface area contributed by atoms with Gasteiger partial charge in [-0.25, -0.2) is 4.98 Å². The van der Waals surface area contributed by atoms with Crippen molar-refractivity contribution in [1.29, 1.82) is 0 Å². The molecule has 124 valence electrons. The van der Waals surface area contributed by atoms with Crippen molar-refractivity contribution in [3.63, 3.8) is 0 Å². The van der Waals surface area contributed by atoms with E-state index in [1.165, 1.54) is 11.3 Å². The molecule has 0 bridgehead atoms. The molecule has 0 radical (unpaired) electrons. The van der Waals surface area contributed by atoms with Crippen molar-refractivity contribution in [1.82, 2.24) is 4.98 Å². The van der Waals surface area contributed by atoms with Gasteiger partial charge in [-0.1, -0.05) is 48.5 Å². The molecule has 2 aromatic carbocycles. The van der Waals surface area contributed by atoms with Gasteiger partial charge in [-0.3, -0.25) is 0 Å². The highest BCUT2D eigenvalue weighted by atomic mass is 16.4. The van der Waals surface area contributed by atoms with Gasteiger partial charge >= 0.3 is 0 Å². The summed E-state index contributed by atoms with van der Waals surface area (Å²) in [5.41, 5.74) is 3.56. The van der Waals surface area contributed by atoms with E-state index in [0.717, 1.165) is 43.3 Å². The zero-order valence-corrected chi connectivity index (χ0v) is 14.4. The van der Waals surface area contributed by atoms with Gasteiger partial charge in [0.2, 0.25) is 0 Å². The van der Waals surface area contributed by atoms with E-state index in [1.807, 2.05) is 19.1 Å². The van der Waals surface area contributed by atoms with E-state index < -0.39 is 0 Å². The number of aromatic nitrogens is 1. The maximum absolute atomic E-state index is 5.88. The third kappa shape index (κ3) is 4.05. The van der Waals surface area contributed by atoms with Gasteiger partial charge in [0, 0.05) is 18.7 Å². The monoisotopic (exact) mass is 320 g/mol. The normalized spacial score (nSPS) is 10.8. The third-order valence-corrected chi connectivity index (χ3v) is 4.25. The Hall–Kier alpha value is -2.55. The number of rotatable bonds is 7. The molecule has 0 aliphatic rings. The summed E-state index contributed by atoms with van der Waals surface area (Å²) in [7, 11) is 0. The molecule has 3 heteroatoms. The zero-order valence-electron chi connectivity index (χ0n) is 14.4. The number of aryl methyl sites for hydroxylation is 3. The maximum atomic E-state index is 5.88. The Morgan fingerprint density at radius 1 is 0.917 bits per heavy atom. The fraction of sp³-hybridized carbons (Fsp3) is 0.286. The van der Waals surface area contributed by atoms with Crippen molar-refractivity contribution in [2.45, 2.75) is 33.2 Å². The average molecular weight is 320 g/mol. The molecule has 3 aromatic rings. The Morgan fingerprint density at radius 3 is 2.25 bits per heavy atom. The fourth-order valence-corrected chi connectivity index (χ4v) is 2.84. The van der Waals surface area contributed by atoms with Gasteiger partial charge < -0.3 is 9.32 Å². The molecular weight excluding hydrogens is 296 g/mol. The van der Waals surface area contributed by atoms with Crippen LogP contribution in [0.3, 0.4) is 0 Å². The SMILES string of the molecule is CCN(Cc1nc(CCc2ccccc2)oc1C)c1ccccc1. The van der Waals surface area contributed by atoms with Crippen molar-refractivity contribution in [2.75, 3.05) is 11.4 Å². The summed E-state index contributed by atoms with van der Waals surface area (Å²) in [6.45, 7) is 5.89. The minimum atomic E-state index is 0.779. The van der Waals surface area contributed by atoms with Gasteiger partial charge in [0.15, 0.2) is 5.89 Å². The lowest BCUT2D eigenvalue weighted by atomic mass is 10.1. The molecule has 0 atom stereocenters. The molecule has 0 saturated carbocycles. The first-order chi connectivity index (χ1) is 11.8. The molecule has 0 aliphatic carbocycles. The summed E-state index contributed by atoms with van der Waals surface area (Å²) >= 11 is 0. The van der Waals surface area contributed by atoms with E-state index >= 15 is 0 Å². The number of anilines is 1. The number of hydrogen-bond donors (Lipinski definition) is 0. The first-order valence-electron chi connectivity index (χ1n) is 8.55. The second-order valence-corrected chi connectivity index (χ2v) is 5.95. The zero-order chi connectivity index (χ0) is 16.8. The van der Waals surface area contributed by atoms with E-state index in [0.29, 0.717) is 0 Å². The number of para-hydroxylation sites is 1. The molecule has 0 spiro atoms. The van der Waals surface area contributed by atoms with Crippen molar-refractivity contribution in [2.24, 2.45) is 0 Å². The topological polar surface area (TPSA) is 29.3 Å². The van der Waals surface area contributed by atoms with Gasteiger partial charge in [0.05, 0.1) is 6.54 Å². The Labute approximate surface area is 144 Å². The first kappa shape index (κ1) is 16.3. The maximum Gasteiger partial charge on any atom is 0.195 e. The molecule has 1 heterocycles. The predicted octanol–water partition coefficient (Wildman–Crippen LogP) is 4.79. The summed E-state index contributed by atoms with van der Waals surface area (Å²) in [6.07, 6.45) is 1.79. The van der Waals surface area contributed by atoms with Crippen LogP contribution in [0.25, 0.3) is 0 Å². The molecule has 0 N–H and O–H groups in total. The number of oxazole rings is 1. The lowest BCUT2D eigenvalue weighted by Crippen LogP contribution is -2.22. The molecule has 3 rings (SSSR count). The van der Waals surface area contributed by atoms with Crippen molar-refractivity contribution >= 4 is 5.69 Å². The third-order valence-electron chi connectivity index (χ3n) is 4.25. The Morgan fingerprint density at radius 2 is 1.58 bits per heavy atom. The molecule has 0 fully saturated rings. The summed E-state index contributed by atoms with van der Waals surface area (Å²) < 4.78 is 5.88. The second-order valence-electron chi connectivity index (χ2n) is 5.95. The lowest BCUT2D eigenvalue weighted by molar-refractivity contribution is 0.469. The molecule has 0 unspecified atom stereocenters. The Kier molecular flexibility index (Phi) is 5.32. The van der Waals surface area contributed by atoms with Crippen LogP contribution in [0.1, 0.15) is 29.8 Å². The fourth-order valence-electron chi connectivity index (χ4n) is 2.84. The summed E-state index contributed by atoms with van der Waals surface area (Å²) in [5.74, 6) is 1.75. The second kappa shape index (κ2) is 7.82. The van der Waals surface area contributed by atoms with E-state index in [-0.39, 0.29) is 0 Å². The molecule has 0 saturated heterocycles. The summed E-state index contributed by atoms with van der Waals surface area (Å²) in [4.78, 5) is 7.04. The van der Waals surface area contributed by atoms with Crippen molar-refractivity contribution < 1.29 is 4.42 Å². The van der Waals surface area contributed by atoms with Gasteiger partial charge in [-0.15, -0.1) is 0 Å². The summed E-state index contributed by atoms with van der Waals surface area (Å²) in [5, 5.41) is 0. The van der Waals surface area contributed by atoms with Gasteiger partial charge in [0.25, 0.3) is 0 Å². The van der Waals surface area contributed by atoms with Crippen LogP contribution in [-0.4, -0.2) is 11.5 Å². The largest absolute Gasteiger partial charge is 0.446 e. The van der Waals surface area contributed by atoms with Gasteiger partial charge in [0.1, 0.15) is 11.5 Å². The van der Waals surface area contributed by atoms with Gasteiger partial charge in [-0.2, -0.15) is 0 Å². The van der Waals surface area contributed by atoms with Crippen LogP contribution < -0.4 is 4.90 Å². The lowest BCUT2D eigenvalue weighted by Gasteiger charge is -2.22. The minimum Gasteiger partial charge on any atom is -0.446 e. The van der Waals surface area contributed by atoms with E-state index in [2.05, 4.69) is 60.4 Å². The highest BCUT2D eigenvalue weighted by Gasteiger charge is 2.13. The number of benzene rings is 2. The van der Waals surface area contributed by atoms with E-state index in [1.54, 1.807) is 0 Å². The standard InChI is InChI=1S/C21H24N2O/c1-3-23(19-12-8-5-9-13-19)16-20-17(2)24-21(22-20)15-14-18-10-6-4-7-11-18/h4-13H,3,14-16H2,1-2H3. The van der Waals surface area contributed by atoms with E-state index in [9.17, 15) is 0 Å². The molecular formula is C21H24N2O. The average Bonchev–Trinajstić information content (AvgIpc) is 2.99. The van der Waals surface area contributed by atoms with Crippen LogP contribution in [0, 0.1) is 6.92 Å². The van der Waals surface area contributed by atoms with Crippen molar-refractivity contribution in [3.8, 4) is 0 Å². The van der Waals surface area contributed by atoms with Gasteiger partial charge in [-0.05, 0) is 38.0 Å². The smallest absolute Gasteiger partial charge is 0.195 e. The van der Waals surface area contributed by atoms with E-state index in [4.69, 9.17) is 9.40 Å². The van der Waals surface area contributed by atoms with Crippen LogP contribution in [0.15, 0.2) is 65.1 Å². The quantitative estimate of drug-likeness (QED) is 0.626. The number of nitrogens with zero attached hydrogens (tertiary/aromatic N) is 2. The van der Waals surface area contributed by atoms with Crippen LogP contribution in [-0.2, 0) is 19.4 Å². The molecule has 24 heavy (non-hydrogen) atoms. The highest BCUT2D eigenvalue weighted by molar-refractivity contribution is 5.46. The van der Waals surface area contributed by atoms with Crippen LogP contribution in [0.2, 0.25) is 0 Å². The van der Waals surface area contributed by atoms with Crippen molar-refractivity contribution in [3.05, 3.63) is 83.6 Å².